The van der Waals surface area contributed by atoms with Crippen molar-refractivity contribution in [3.8, 4) is 0 Å². The zero-order valence-electron chi connectivity index (χ0n) is 16.8. The van der Waals surface area contributed by atoms with Crippen LogP contribution in [0.4, 0.5) is 5.13 Å². The second kappa shape index (κ2) is 10.0. The Morgan fingerprint density at radius 2 is 1.82 bits per heavy atom. The van der Waals surface area contributed by atoms with Gasteiger partial charge in [-0.2, -0.15) is 0 Å². The van der Waals surface area contributed by atoms with Gasteiger partial charge in [0.1, 0.15) is 0 Å². The van der Waals surface area contributed by atoms with E-state index in [0.717, 1.165) is 39.9 Å². The second-order valence-corrected chi connectivity index (χ2v) is 8.88. The molecule has 6 heteroatoms. The lowest BCUT2D eigenvalue weighted by molar-refractivity contribution is -0.894. The third-order valence-electron chi connectivity index (χ3n) is 4.89. The Hall–Kier alpha value is -1.89. The van der Waals surface area contributed by atoms with Gasteiger partial charge >= 0.3 is 0 Å². The van der Waals surface area contributed by atoms with Crippen LogP contribution in [0.25, 0.3) is 10.2 Å². The fraction of sp³-hybridized carbons (Fsp3) is 0.364. The summed E-state index contributed by atoms with van der Waals surface area (Å²) in [6.45, 7) is 10.2. The lowest BCUT2D eigenvalue weighted by Crippen LogP contribution is -3.12. The molecular weight excluding hydrogens is 386 g/mol. The molecule has 0 unspecified atom stereocenters. The first-order valence-corrected chi connectivity index (χ1v) is 11.6. The molecule has 1 N–H and O–H groups in total. The van der Waals surface area contributed by atoms with E-state index in [4.69, 9.17) is 4.98 Å². The summed E-state index contributed by atoms with van der Waals surface area (Å²) >= 11 is 3.19. The van der Waals surface area contributed by atoms with Crippen LogP contribution in [-0.4, -0.2) is 42.8 Å². The summed E-state index contributed by atoms with van der Waals surface area (Å²) in [4.78, 5) is 22.3. The standard InChI is InChI=1S/C22H27N3OS2/c1-4-24(5-2)14-15-25(22-23-19-8-6-7-9-20(19)28-22)21(26)16-27-18-12-10-17(3)11-13-18/h6-13H,4-5,14-16H2,1-3H3/p+1. The molecule has 0 saturated heterocycles. The largest absolute Gasteiger partial charge is 0.334 e. The van der Waals surface area contributed by atoms with Gasteiger partial charge in [0, 0.05) is 4.90 Å². The summed E-state index contributed by atoms with van der Waals surface area (Å²) in [5.74, 6) is 0.545. The van der Waals surface area contributed by atoms with Gasteiger partial charge in [-0.1, -0.05) is 41.2 Å². The molecule has 1 heterocycles. The Morgan fingerprint density at radius 3 is 2.50 bits per heavy atom. The molecule has 3 rings (SSSR count). The Morgan fingerprint density at radius 1 is 1.11 bits per heavy atom. The number of likely N-dealkylation sites (N-methyl/N-ethyl adjacent to an activating group) is 1. The van der Waals surface area contributed by atoms with Crippen LogP contribution in [0.15, 0.2) is 53.4 Å². The molecule has 0 radical (unpaired) electrons. The molecule has 2 aromatic carbocycles. The molecular formula is C22H28N3OS2+. The van der Waals surface area contributed by atoms with Gasteiger partial charge in [0.15, 0.2) is 5.13 Å². The number of fused-ring (bicyclic) bond motifs is 1. The predicted molar refractivity (Wildman–Crippen MR) is 121 cm³/mol. The second-order valence-electron chi connectivity index (χ2n) is 6.82. The minimum atomic E-state index is 0.121. The molecule has 0 aliphatic heterocycles. The molecule has 1 amide bonds. The molecule has 0 bridgehead atoms. The first-order chi connectivity index (χ1) is 13.6. The normalized spacial score (nSPS) is 11.3. The molecule has 3 aromatic rings. The maximum absolute atomic E-state index is 13.1. The molecule has 0 spiro atoms. The fourth-order valence-corrected chi connectivity index (χ4v) is 4.82. The van der Waals surface area contributed by atoms with Crippen LogP contribution >= 0.6 is 23.1 Å². The maximum Gasteiger partial charge on any atom is 0.239 e. The van der Waals surface area contributed by atoms with Crippen molar-refractivity contribution in [2.45, 2.75) is 25.7 Å². The number of hydrogen-bond donors (Lipinski definition) is 1. The molecule has 0 aliphatic carbocycles. The number of para-hydroxylation sites is 1. The number of anilines is 1. The van der Waals surface area contributed by atoms with Gasteiger partial charge in [-0.05, 0) is 45.0 Å². The summed E-state index contributed by atoms with van der Waals surface area (Å²) in [6.07, 6.45) is 0. The van der Waals surface area contributed by atoms with Gasteiger partial charge in [0.05, 0.1) is 42.1 Å². The topological polar surface area (TPSA) is 37.6 Å². The van der Waals surface area contributed by atoms with Gasteiger partial charge in [0.2, 0.25) is 5.91 Å². The van der Waals surface area contributed by atoms with E-state index < -0.39 is 0 Å². The number of thioether (sulfide) groups is 1. The van der Waals surface area contributed by atoms with E-state index in [1.807, 2.05) is 23.1 Å². The summed E-state index contributed by atoms with van der Waals surface area (Å²) in [5, 5.41) is 0.808. The Balaban J connectivity index is 1.75. The summed E-state index contributed by atoms with van der Waals surface area (Å²) in [5.41, 5.74) is 2.19. The van der Waals surface area contributed by atoms with Crippen molar-refractivity contribution in [3.05, 3.63) is 54.1 Å². The van der Waals surface area contributed by atoms with Crippen LogP contribution in [0.1, 0.15) is 19.4 Å². The molecule has 28 heavy (non-hydrogen) atoms. The van der Waals surface area contributed by atoms with E-state index in [-0.39, 0.29) is 5.91 Å². The van der Waals surface area contributed by atoms with Gasteiger partial charge in [-0.15, -0.1) is 11.8 Å². The predicted octanol–water partition coefficient (Wildman–Crippen LogP) is 3.65. The number of rotatable bonds is 9. The number of carbonyl (C=O) groups is 1. The molecule has 0 fully saturated rings. The Bertz CT molecular complexity index is 871. The number of benzene rings is 2. The van der Waals surface area contributed by atoms with Crippen LogP contribution in [0.5, 0.6) is 0 Å². The molecule has 1 aromatic heterocycles. The molecule has 4 nitrogen and oxygen atoms in total. The third kappa shape index (κ3) is 5.34. The number of aromatic nitrogens is 1. The van der Waals surface area contributed by atoms with E-state index in [1.54, 1.807) is 23.1 Å². The van der Waals surface area contributed by atoms with Gasteiger partial charge < -0.3 is 4.90 Å². The number of carbonyl (C=O) groups excluding carboxylic acids is 1. The number of nitrogens with zero attached hydrogens (tertiary/aromatic N) is 2. The highest BCUT2D eigenvalue weighted by molar-refractivity contribution is 8.00. The highest BCUT2D eigenvalue weighted by atomic mass is 32.2. The maximum atomic E-state index is 13.1. The van der Waals surface area contributed by atoms with E-state index in [9.17, 15) is 4.79 Å². The molecule has 0 aliphatic rings. The minimum Gasteiger partial charge on any atom is -0.334 e. The number of nitrogens with one attached hydrogen (secondary N) is 1. The Labute approximate surface area is 175 Å². The van der Waals surface area contributed by atoms with Gasteiger partial charge in [-0.3, -0.25) is 9.69 Å². The zero-order chi connectivity index (χ0) is 19.9. The smallest absolute Gasteiger partial charge is 0.239 e. The van der Waals surface area contributed by atoms with Gasteiger partial charge in [-0.25, -0.2) is 4.98 Å². The molecule has 0 atom stereocenters. The van der Waals surface area contributed by atoms with E-state index in [1.165, 1.54) is 10.5 Å². The van der Waals surface area contributed by atoms with Crippen LogP contribution in [0, 0.1) is 6.92 Å². The lowest BCUT2D eigenvalue weighted by atomic mass is 10.2. The van der Waals surface area contributed by atoms with Crippen molar-refractivity contribution in [1.82, 2.24) is 4.98 Å². The first kappa shape index (κ1) is 20.8. The number of thiazole rings is 1. The SMILES string of the molecule is CC[NH+](CC)CCN(C(=O)CSc1ccc(C)cc1)c1nc2ccccc2s1. The van der Waals surface area contributed by atoms with E-state index >= 15 is 0 Å². The van der Waals surface area contributed by atoms with Crippen molar-refractivity contribution in [2.75, 3.05) is 36.8 Å². The lowest BCUT2D eigenvalue weighted by Gasteiger charge is -2.23. The average Bonchev–Trinajstić information content (AvgIpc) is 3.14. The number of amides is 1. The van der Waals surface area contributed by atoms with Gasteiger partial charge in [0.25, 0.3) is 0 Å². The first-order valence-electron chi connectivity index (χ1n) is 9.79. The van der Waals surface area contributed by atoms with Crippen molar-refractivity contribution in [2.24, 2.45) is 0 Å². The highest BCUT2D eigenvalue weighted by Crippen LogP contribution is 2.29. The molecule has 148 valence electrons. The van der Waals surface area contributed by atoms with Crippen LogP contribution in [0.3, 0.4) is 0 Å². The van der Waals surface area contributed by atoms with Crippen LogP contribution in [-0.2, 0) is 4.79 Å². The number of hydrogen-bond acceptors (Lipinski definition) is 4. The van der Waals surface area contributed by atoms with Crippen molar-refractivity contribution >= 4 is 44.4 Å². The number of aryl methyl sites for hydroxylation is 1. The monoisotopic (exact) mass is 414 g/mol. The summed E-state index contributed by atoms with van der Waals surface area (Å²) in [6, 6.07) is 16.4. The summed E-state index contributed by atoms with van der Waals surface area (Å²) < 4.78 is 1.12. The van der Waals surface area contributed by atoms with Crippen molar-refractivity contribution in [3.63, 3.8) is 0 Å². The fourth-order valence-electron chi connectivity index (χ4n) is 3.03. The van der Waals surface area contributed by atoms with Crippen molar-refractivity contribution < 1.29 is 9.69 Å². The zero-order valence-corrected chi connectivity index (χ0v) is 18.4. The Kier molecular flexibility index (Phi) is 7.48. The van der Waals surface area contributed by atoms with Crippen LogP contribution < -0.4 is 9.80 Å². The summed E-state index contributed by atoms with van der Waals surface area (Å²) in [7, 11) is 0. The van der Waals surface area contributed by atoms with Crippen LogP contribution in [0.2, 0.25) is 0 Å². The minimum absolute atomic E-state index is 0.121. The average molecular weight is 415 g/mol. The number of quaternary nitrogens is 1. The third-order valence-corrected chi connectivity index (χ3v) is 6.94. The molecule has 0 saturated carbocycles. The van der Waals surface area contributed by atoms with E-state index in [0.29, 0.717) is 12.3 Å². The quantitative estimate of drug-likeness (QED) is 0.543. The highest BCUT2D eigenvalue weighted by Gasteiger charge is 2.21. The van der Waals surface area contributed by atoms with E-state index in [2.05, 4.69) is 51.1 Å². The van der Waals surface area contributed by atoms with Crippen molar-refractivity contribution in [1.29, 1.82) is 0 Å².